The topological polar surface area (TPSA) is 128 Å². The van der Waals surface area contributed by atoms with E-state index in [4.69, 9.17) is 18.5 Å². The highest BCUT2D eigenvalue weighted by Gasteiger charge is 2.44. The largest absolute Gasteiger partial charge is 0.472 e. The van der Waals surface area contributed by atoms with Gasteiger partial charge in [0.2, 0.25) is 0 Å². The molecule has 0 amide bonds. The van der Waals surface area contributed by atoms with Crippen LogP contribution in [0.3, 0.4) is 0 Å². The molecule has 0 saturated carbocycles. The Balaban J connectivity index is 1.14. The summed E-state index contributed by atoms with van der Waals surface area (Å²) in [6.07, 6.45) is 23.9. The summed E-state index contributed by atoms with van der Waals surface area (Å²) in [6, 6.07) is 5.95. The highest BCUT2D eigenvalue weighted by Crippen LogP contribution is 2.47. The predicted molar refractivity (Wildman–Crippen MR) is 176 cm³/mol. The maximum Gasteiger partial charge on any atom is 0.472 e. The van der Waals surface area contributed by atoms with Crippen LogP contribution in [0.2, 0.25) is 0 Å². The lowest BCUT2D eigenvalue weighted by Gasteiger charge is -2.23. The maximum atomic E-state index is 12.4. The van der Waals surface area contributed by atoms with E-state index in [0.29, 0.717) is 32.5 Å². The molecule has 0 aliphatic carbocycles. The van der Waals surface area contributed by atoms with Gasteiger partial charge in [0.05, 0.1) is 23.5 Å². The molecule has 1 aliphatic heterocycles. The summed E-state index contributed by atoms with van der Waals surface area (Å²) in [5, 5.41) is 14.1. The number of hydrogen-bond donors (Lipinski definition) is 1. The lowest BCUT2D eigenvalue weighted by molar-refractivity contribution is -0.0399. The van der Waals surface area contributed by atoms with E-state index in [0.717, 1.165) is 23.3 Å². The normalized spacial score (nSPS) is 19.6. The van der Waals surface area contributed by atoms with Crippen molar-refractivity contribution in [3.8, 4) is 6.07 Å². The van der Waals surface area contributed by atoms with Gasteiger partial charge < -0.3 is 14.4 Å². The van der Waals surface area contributed by atoms with Gasteiger partial charge in [0, 0.05) is 13.2 Å². The number of rotatable bonds is 26. The smallest absolute Gasteiger partial charge is 0.381 e. The molecule has 45 heavy (non-hydrogen) atoms. The SMILES string of the molecule is CCCCCCCCCCCCCCCCCCOCCCOP(=O)(O)OC[C@]1(C#N)CC[C@H](c2ccc3c(C)ncnn23)O1. The Morgan fingerprint density at radius 3 is 2.16 bits per heavy atom. The Hall–Kier alpha value is -1.86. The first-order valence-corrected chi connectivity index (χ1v) is 19.0. The molecule has 0 spiro atoms. The van der Waals surface area contributed by atoms with Gasteiger partial charge in [-0.15, -0.1) is 0 Å². The third-order valence-electron chi connectivity index (χ3n) is 8.68. The molecule has 0 aromatic carbocycles. The first-order chi connectivity index (χ1) is 21.9. The minimum absolute atomic E-state index is 0.0327. The number of phosphoric acid groups is 1. The maximum absolute atomic E-state index is 12.4. The van der Waals surface area contributed by atoms with Crippen LogP contribution in [-0.2, 0) is 23.1 Å². The molecule has 1 aliphatic rings. The predicted octanol–water partition coefficient (Wildman–Crippen LogP) is 8.95. The fourth-order valence-electron chi connectivity index (χ4n) is 5.92. The third-order valence-corrected chi connectivity index (χ3v) is 9.64. The van der Waals surface area contributed by atoms with E-state index in [1.165, 1.54) is 103 Å². The number of nitriles is 1. The van der Waals surface area contributed by atoms with Crippen LogP contribution in [0, 0.1) is 18.3 Å². The van der Waals surface area contributed by atoms with Crippen molar-refractivity contribution in [2.45, 2.75) is 148 Å². The lowest BCUT2D eigenvalue weighted by atomic mass is 10.0. The second-order valence-corrected chi connectivity index (χ2v) is 13.9. The molecule has 1 saturated heterocycles. The van der Waals surface area contributed by atoms with Crippen molar-refractivity contribution in [1.29, 1.82) is 5.26 Å². The second kappa shape index (κ2) is 21.1. The summed E-state index contributed by atoms with van der Waals surface area (Å²) in [5.74, 6) is 0. The van der Waals surface area contributed by atoms with Crippen molar-refractivity contribution in [2.24, 2.45) is 0 Å². The van der Waals surface area contributed by atoms with Crippen LogP contribution >= 0.6 is 7.82 Å². The molecule has 1 unspecified atom stereocenters. The van der Waals surface area contributed by atoms with Gasteiger partial charge in [0.1, 0.15) is 25.1 Å². The Labute approximate surface area is 270 Å². The molecule has 0 radical (unpaired) electrons. The molecule has 2 aromatic rings. The zero-order chi connectivity index (χ0) is 32.2. The number of aromatic nitrogens is 3. The lowest BCUT2D eigenvalue weighted by Crippen LogP contribution is -2.32. The fraction of sp³-hybridized carbons (Fsp3) is 0.794. The van der Waals surface area contributed by atoms with Gasteiger partial charge in [0.25, 0.3) is 0 Å². The zero-order valence-corrected chi connectivity index (χ0v) is 28.7. The Morgan fingerprint density at radius 2 is 1.53 bits per heavy atom. The van der Waals surface area contributed by atoms with Crippen LogP contribution in [0.15, 0.2) is 18.5 Å². The molecule has 0 bridgehead atoms. The molecule has 3 heterocycles. The third kappa shape index (κ3) is 13.8. The van der Waals surface area contributed by atoms with Gasteiger partial charge in [-0.1, -0.05) is 103 Å². The standard InChI is InChI=1S/C34H57N4O6P/c1-3-4-5-6-7-8-9-10-11-12-13-14-15-16-17-18-24-41-25-19-26-42-45(39,40)43-28-34(27-35)23-22-33(44-34)32-21-20-31-30(2)36-29-37-38(31)32/h20-21,29,33H,3-19,22-26,28H2,1-2H3,(H,39,40)/t33-,34-/m1/s1. The minimum atomic E-state index is -4.33. The van der Waals surface area contributed by atoms with E-state index in [1.807, 2.05) is 19.1 Å². The molecule has 2 aromatic heterocycles. The van der Waals surface area contributed by atoms with Crippen LogP contribution in [0.5, 0.6) is 0 Å². The summed E-state index contributed by atoms with van der Waals surface area (Å²) in [5.41, 5.74) is 1.17. The quantitative estimate of drug-likeness (QED) is 0.0785. The van der Waals surface area contributed by atoms with E-state index < -0.39 is 19.5 Å². The number of ether oxygens (including phenoxy) is 2. The first-order valence-electron chi connectivity index (χ1n) is 17.5. The van der Waals surface area contributed by atoms with Crippen LogP contribution in [0.4, 0.5) is 0 Å². The highest BCUT2D eigenvalue weighted by atomic mass is 31.2. The van der Waals surface area contributed by atoms with E-state index in [9.17, 15) is 14.7 Å². The summed E-state index contributed by atoms with van der Waals surface area (Å²) >= 11 is 0. The van der Waals surface area contributed by atoms with Crippen molar-refractivity contribution in [2.75, 3.05) is 26.4 Å². The van der Waals surface area contributed by atoms with Gasteiger partial charge in [-0.25, -0.2) is 14.1 Å². The molecule has 1 N–H and O–H groups in total. The number of nitrogens with zero attached hydrogens (tertiary/aromatic N) is 4. The molecule has 254 valence electrons. The van der Waals surface area contributed by atoms with E-state index in [-0.39, 0.29) is 13.2 Å². The second-order valence-electron chi connectivity index (χ2n) is 12.5. The number of phosphoric ester groups is 1. The molecule has 11 heteroatoms. The molecule has 10 nitrogen and oxygen atoms in total. The van der Waals surface area contributed by atoms with Gasteiger partial charge >= 0.3 is 7.82 Å². The average molecular weight is 649 g/mol. The molecule has 3 atom stereocenters. The Bertz CT molecular complexity index is 1190. The van der Waals surface area contributed by atoms with E-state index >= 15 is 0 Å². The van der Waals surface area contributed by atoms with Gasteiger partial charge in [-0.05, 0) is 44.7 Å². The molecular formula is C34H57N4O6P. The highest BCUT2D eigenvalue weighted by molar-refractivity contribution is 7.47. The molecular weight excluding hydrogens is 591 g/mol. The number of fused-ring (bicyclic) bond motifs is 1. The number of hydrogen-bond acceptors (Lipinski definition) is 8. The summed E-state index contributed by atoms with van der Waals surface area (Å²) in [6.45, 7) is 4.99. The fourth-order valence-corrected chi connectivity index (χ4v) is 6.73. The van der Waals surface area contributed by atoms with Crippen LogP contribution in [-0.4, -0.2) is 51.5 Å². The Kier molecular flexibility index (Phi) is 17.6. The Morgan fingerprint density at radius 1 is 0.933 bits per heavy atom. The summed E-state index contributed by atoms with van der Waals surface area (Å²) < 4.78 is 36.2. The minimum Gasteiger partial charge on any atom is -0.381 e. The van der Waals surface area contributed by atoms with Crippen molar-refractivity contribution in [3.05, 3.63) is 29.8 Å². The monoisotopic (exact) mass is 648 g/mol. The van der Waals surface area contributed by atoms with Gasteiger partial charge in [-0.3, -0.25) is 9.05 Å². The van der Waals surface area contributed by atoms with Gasteiger partial charge in [0.15, 0.2) is 5.60 Å². The molecule has 3 rings (SSSR count). The summed E-state index contributed by atoms with van der Waals surface area (Å²) in [4.78, 5) is 14.4. The van der Waals surface area contributed by atoms with Crippen molar-refractivity contribution in [1.82, 2.24) is 14.6 Å². The van der Waals surface area contributed by atoms with Crippen LogP contribution < -0.4 is 0 Å². The van der Waals surface area contributed by atoms with Crippen LogP contribution in [0.1, 0.15) is 146 Å². The van der Waals surface area contributed by atoms with Gasteiger partial charge in [-0.2, -0.15) is 10.4 Å². The van der Waals surface area contributed by atoms with Crippen LogP contribution in [0.25, 0.3) is 5.52 Å². The molecule has 1 fully saturated rings. The van der Waals surface area contributed by atoms with E-state index in [2.05, 4.69) is 23.1 Å². The number of aryl methyl sites for hydroxylation is 1. The first kappa shape index (κ1) is 37.6. The van der Waals surface area contributed by atoms with Crippen molar-refractivity contribution >= 4 is 13.3 Å². The van der Waals surface area contributed by atoms with Crippen molar-refractivity contribution < 1.29 is 28.0 Å². The zero-order valence-electron chi connectivity index (χ0n) is 27.8. The van der Waals surface area contributed by atoms with Crippen molar-refractivity contribution in [3.63, 3.8) is 0 Å². The van der Waals surface area contributed by atoms with E-state index in [1.54, 1.807) is 4.52 Å². The summed E-state index contributed by atoms with van der Waals surface area (Å²) in [7, 11) is -4.33. The number of unbranched alkanes of at least 4 members (excludes halogenated alkanes) is 15. The average Bonchev–Trinajstić information content (AvgIpc) is 3.67.